The fraction of sp³-hybridized carbons (Fsp3) is 0.444. The summed E-state index contributed by atoms with van der Waals surface area (Å²) in [5.74, 6) is 0.652. The molecule has 1 unspecified atom stereocenters. The first-order valence-corrected chi connectivity index (χ1v) is 13.4. The Morgan fingerprint density at radius 3 is 2.78 bits per heavy atom. The highest BCUT2D eigenvalue weighted by atomic mass is 35.5. The Morgan fingerprint density at radius 2 is 1.92 bits per heavy atom. The van der Waals surface area contributed by atoms with Crippen LogP contribution in [0.5, 0.6) is 0 Å². The van der Waals surface area contributed by atoms with Crippen molar-refractivity contribution in [3.8, 4) is 0 Å². The van der Waals surface area contributed by atoms with Crippen LogP contribution in [0.25, 0.3) is 10.9 Å². The van der Waals surface area contributed by atoms with E-state index in [0.717, 1.165) is 63.9 Å². The zero-order valence-corrected chi connectivity index (χ0v) is 21.6. The Bertz CT molecular complexity index is 1290. The van der Waals surface area contributed by atoms with Gasteiger partial charge in [0, 0.05) is 37.6 Å². The number of rotatable bonds is 4. The summed E-state index contributed by atoms with van der Waals surface area (Å²) in [5, 5.41) is 4.79. The van der Waals surface area contributed by atoms with Gasteiger partial charge in [0.25, 0.3) is 0 Å². The lowest BCUT2D eigenvalue weighted by Crippen LogP contribution is -2.50. The van der Waals surface area contributed by atoms with Crippen molar-refractivity contribution in [3.63, 3.8) is 0 Å². The minimum atomic E-state index is -0.142. The van der Waals surface area contributed by atoms with Gasteiger partial charge in [-0.1, -0.05) is 47.5 Å². The van der Waals surface area contributed by atoms with E-state index in [4.69, 9.17) is 27.9 Å². The Hall–Kier alpha value is -2.45. The van der Waals surface area contributed by atoms with Crippen molar-refractivity contribution >= 4 is 45.8 Å². The maximum Gasteiger partial charge on any atom is 0.241 e. The summed E-state index contributed by atoms with van der Waals surface area (Å²) in [6.45, 7) is 4.50. The van der Waals surface area contributed by atoms with Gasteiger partial charge in [-0.3, -0.25) is 9.69 Å². The van der Waals surface area contributed by atoms with Gasteiger partial charge >= 0.3 is 0 Å². The molecule has 1 atom stereocenters. The van der Waals surface area contributed by atoms with Gasteiger partial charge in [-0.25, -0.2) is 9.97 Å². The zero-order valence-electron chi connectivity index (χ0n) is 20.1. The van der Waals surface area contributed by atoms with Crippen molar-refractivity contribution in [2.24, 2.45) is 0 Å². The average molecular weight is 526 g/mol. The molecule has 6 rings (SSSR count). The summed E-state index contributed by atoms with van der Waals surface area (Å²) < 4.78 is 6.40. The summed E-state index contributed by atoms with van der Waals surface area (Å²) in [4.78, 5) is 26.1. The molecule has 2 fully saturated rings. The number of benzene rings is 2. The van der Waals surface area contributed by atoms with Crippen molar-refractivity contribution in [1.29, 1.82) is 0 Å². The van der Waals surface area contributed by atoms with Gasteiger partial charge in [0.15, 0.2) is 0 Å². The van der Waals surface area contributed by atoms with Gasteiger partial charge < -0.3 is 15.0 Å². The van der Waals surface area contributed by atoms with Gasteiger partial charge in [0.2, 0.25) is 5.91 Å². The van der Waals surface area contributed by atoms with Crippen LogP contribution in [0.15, 0.2) is 42.7 Å². The molecule has 3 aromatic rings. The maximum atomic E-state index is 13.0. The summed E-state index contributed by atoms with van der Waals surface area (Å²) >= 11 is 12.3. The van der Waals surface area contributed by atoms with E-state index in [1.54, 1.807) is 12.1 Å². The molecule has 9 heteroatoms. The summed E-state index contributed by atoms with van der Waals surface area (Å²) in [6.07, 6.45) is 5.47. The van der Waals surface area contributed by atoms with Gasteiger partial charge in [0.05, 0.1) is 34.3 Å². The van der Waals surface area contributed by atoms with Gasteiger partial charge in [-0.2, -0.15) is 0 Å². The number of anilines is 1. The number of carbonyl (C=O) groups excluding carboxylic acids is 1. The maximum absolute atomic E-state index is 13.0. The molecule has 4 heterocycles. The van der Waals surface area contributed by atoms with E-state index in [2.05, 4.69) is 44.5 Å². The third-order valence-corrected chi connectivity index (χ3v) is 8.70. The van der Waals surface area contributed by atoms with Crippen LogP contribution in [0.3, 0.4) is 0 Å². The molecule has 1 aromatic heterocycles. The Kier molecular flexibility index (Phi) is 6.50. The van der Waals surface area contributed by atoms with Gasteiger partial charge in [0.1, 0.15) is 12.1 Å². The molecule has 3 aliphatic heterocycles. The number of piperidine rings is 1. The van der Waals surface area contributed by atoms with E-state index >= 15 is 0 Å². The summed E-state index contributed by atoms with van der Waals surface area (Å²) in [6, 6.07) is 12.6. The molecular formula is C27H29Cl2N5O2. The molecule has 1 amide bonds. The average Bonchev–Trinajstić information content (AvgIpc) is 3.39. The smallest absolute Gasteiger partial charge is 0.241 e. The standard InChI is InChI=1S/C27H29Cl2N5O2/c28-22-13-20-24(14-23(22)29)31-17-32-26(20)30-15-25(35)34-9-5-19(16-34)33-10-7-27(8-11-33)21-4-2-1-3-18(21)6-12-36-27/h1-4,13-14,17,19H,5-12,15-16H2,(H,30,31,32). The van der Waals surface area contributed by atoms with Crippen molar-refractivity contribution in [1.82, 2.24) is 19.8 Å². The van der Waals surface area contributed by atoms with Crippen LogP contribution in [0, 0.1) is 0 Å². The minimum Gasteiger partial charge on any atom is -0.370 e. The molecule has 2 aromatic carbocycles. The second-order valence-electron chi connectivity index (χ2n) is 9.93. The number of nitrogens with zero attached hydrogens (tertiary/aromatic N) is 4. The minimum absolute atomic E-state index is 0.0716. The lowest BCUT2D eigenvalue weighted by Gasteiger charge is -2.46. The Balaban J connectivity index is 1.05. The third-order valence-electron chi connectivity index (χ3n) is 7.98. The predicted octanol–water partition coefficient (Wildman–Crippen LogP) is 4.51. The van der Waals surface area contributed by atoms with E-state index in [9.17, 15) is 4.79 Å². The van der Waals surface area contributed by atoms with Crippen LogP contribution in [0.1, 0.15) is 30.4 Å². The first kappa shape index (κ1) is 23.9. The summed E-state index contributed by atoms with van der Waals surface area (Å²) in [7, 11) is 0. The molecule has 1 N–H and O–H groups in total. The van der Waals surface area contributed by atoms with Crippen LogP contribution < -0.4 is 5.32 Å². The van der Waals surface area contributed by atoms with E-state index in [1.807, 2.05) is 4.90 Å². The number of amides is 1. The molecule has 0 saturated carbocycles. The highest BCUT2D eigenvalue weighted by Crippen LogP contribution is 2.42. The number of hydrogen-bond acceptors (Lipinski definition) is 6. The first-order valence-electron chi connectivity index (χ1n) is 12.6. The van der Waals surface area contributed by atoms with Crippen molar-refractivity contribution in [3.05, 3.63) is 63.9 Å². The molecule has 7 nitrogen and oxygen atoms in total. The second kappa shape index (κ2) is 9.78. The molecule has 188 valence electrons. The van der Waals surface area contributed by atoms with Gasteiger partial charge in [-0.05, 0) is 48.9 Å². The SMILES string of the molecule is O=C(CNc1ncnc2cc(Cl)c(Cl)cc12)N1CCC(N2CCC3(CC2)OCCc2ccccc23)C1. The number of ether oxygens (including phenoxy) is 1. The molecule has 2 saturated heterocycles. The van der Waals surface area contributed by atoms with Gasteiger partial charge in [-0.15, -0.1) is 0 Å². The van der Waals surface area contributed by atoms with Crippen LogP contribution in [-0.2, 0) is 21.6 Å². The lowest BCUT2D eigenvalue weighted by atomic mass is 9.79. The van der Waals surface area contributed by atoms with Crippen molar-refractivity contribution in [2.45, 2.75) is 37.3 Å². The van der Waals surface area contributed by atoms with E-state index in [1.165, 1.54) is 17.5 Å². The molecule has 1 spiro atoms. The molecule has 36 heavy (non-hydrogen) atoms. The quantitative estimate of drug-likeness (QED) is 0.540. The zero-order chi connectivity index (χ0) is 24.7. The number of halogens is 2. The van der Waals surface area contributed by atoms with E-state index in [-0.39, 0.29) is 18.1 Å². The van der Waals surface area contributed by atoms with Crippen LogP contribution in [-0.4, -0.2) is 71.0 Å². The highest BCUT2D eigenvalue weighted by molar-refractivity contribution is 6.42. The fourth-order valence-electron chi connectivity index (χ4n) is 6.01. The molecule has 0 aliphatic carbocycles. The highest BCUT2D eigenvalue weighted by Gasteiger charge is 2.42. The van der Waals surface area contributed by atoms with Crippen LogP contribution >= 0.6 is 23.2 Å². The van der Waals surface area contributed by atoms with E-state index < -0.39 is 0 Å². The largest absolute Gasteiger partial charge is 0.370 e. The Labute approximate surface area is 220 Å². The molecule has 0 radical (unpaired) electrons. The van der Waals surface area contributed by atoms with Crippen LogP contribution in [0.4, 0.5) is 5.82 Å². The lowest BCUT2D eigenvalue weighted by molar-refractivity contribution is -0.128. The molecular weight excluding hydrogens is 497 g/mol. The number of likely N-dealkylation sites (tertiary alicyclic amines) is 2. The second-order valence-corrected chi connectivity index (χ2v) is 10.7. The number of aromatic nitrogens is 2. The van der Waals surface area contributed by atoms with Crippen LogP contribution in [0.2, 0.25) is 10.0 Å². The first-order chi connectivity index (χ1) is 17.5. The number of hydrogen-bond donors (Lipinski definition) is 1. The third kappa shape index (κ3) is 4.43. The number of carbonyl (C=O) groups is 1. The van der Waals surface area contributed by atoms with Crippen molar-refractivity contribution < 1.29 is 9.53 Å². The number of fused-ring (bicyclic) bond motifs is 3. The van der Waals surface area contributed by atoms with E-state index in [0.29, 0.717) is 27.4 Å². The summed E-state index contributed by atoms with van der Waals surface area (Å²) in [5.41, 5.74) is 3.36. The topological polar surface area (TPSA) is 70.6 Å². The molecule has 0 bridgehead atoms. The number of nitrogens with one attached hydrogen (secondary N) is 1. The fourth-order valence-corrected chi connectivity index (χ4v) is 6.33. The molecule has 3 aliphatic rings. The normalized spacial score (nSPS) is 21.6. The monoisotopic (exact) mass is 525 g/mol. The Morgan fingerprint density at radius 1 is 1.11 bits per heavy atom. The van der Waals surface area contributed by atoms with Crippen molar-refractivity contribution in [2.75, 3.05) is 44.6 Å². The predicted molar refractivity (Wildman–Crippen MR) is 142 cm³/mol.